The Balaban J connectivity index is 1.55. The lowest BCUT2D eigenvalue weighted by atomic mass is 9.90. The Morgan fingerprint density at radius 3 is 2.56 bits per heavy atom. The molecule has 0 bridgehead atoms. The monoisotopic (exact) mass is 575 g/mol. The molecule has 2 aromatic rings. The minimum Gasteiger partial charge on any atom is -0.392 e. The van der Waals surface area contributed by atoms with Crippen molar-refractivity contribution in [3.63, 3.8) is 0 Å². The summed E-state index contributed by atoms with van der Waals surface area (Å²) in [4.78, 5) is 27.4. The van der Waals surface area contributed by atoms with E-state index in [1.807, 2.05) is 37.4 Å². The number of aliphatic hydroxyl groups excluding tert-OH is 1. The van der Waals surface area contributed by atoms with E-state index in [1.165, 1.54) is 0 Å². The van der Waals surface area contributed by atoms with Crippen LogP contribution in [0, 0.1) is 5.92 Å². The third kappa shape index (κ3) is 7.34. The standard InChI is InChI=1S/C30H36F3N3O5/c1-4-14-35(3)17-25-19(2)26(21-12-10-20(18-37)11-13-21)41-28(40-25)22-7-5-8-23(16-22)34-27(38)24-9-6-15-36(24)29(39)30(31,32)33/h4-5,7-8,10-13,16,19,24-26,28,37H,1,6,9,14-15,17-18H2,2-3H3,(H,34,38)/t19-,24+,25+,26+,28+/m1/s1. The highest BCUT2D eigenvalue weighted by Gasteiger charge is 2.47. The van der Waals surface area contributed by atoms with Crippen LogP contribution < -0.4 is 5.32 Å². The van der Waals surface area contributed by atoms with Crippen molar-refractivity contribution >= 4 is 17.5 Å². The summed E-state index contributed by atoms with van der Waals surface area (Å²) in [6.45, 7) is 6.95. The van der Waals surface area contributed by atoms with Crippen LogP contribution in [-0.2, 0) is 25.7 Å². The molecule has 8 nitrogen and oxygen atoms in total. The number of likely N-dealkylation sites (N-methyl/N-ethyl adjacent to an activating group) is 1. The second-order valence-corrected chi connectivity index (χ2v) is 10.6. The molecule has 2 amide bonds. The summed E-state index contributed by atoms with van der Waals surface area (Å²) in [5.74, 6) is -2.71. The van der Waals surface area contributed by atoms with Gasteiger partial charge in [0.15, 0.2) is 6.29 Å². The van der Waals surface area contributed by atoms with Crippen LogP contribution in [0.15, 0.2) is 61.2 Å². The summed E-state index contributed by atoms with van der Waals surface area (Å²) in [6.07, 6.45) is -4.11. The number of alkyl halides is 3. The molecule has 0 radical (unpaired) electrons. The zero-order valence-corrected chi connectivity index (χ0v) is 23.1. The number of carbonyl (C=O) groups is 2. The molecule has 222 valence electrons. The number of nitrogens with zero attached hydrogens (tertiary/aromatic N) is 2. The molecule has 2 aromatic carbocycles. The molecule has 0 aliphatic carbocycles. The number of amides is 2. The fraction of sp³-hybridized carbons (Fsp3) is 0.467. The van der Waals surface area contributed by atoms with Gasteiger partial charge in [0.05, 0.1) is 18.8 Å². The Morgan fingerprint density at radius 1 is 1.17 bits per heavy atom. The van der Waals surface area contributed by atoms with Gasteiger partial charge in [-0.25, -0.2) is 0 Å². The maximum atomic E-state index is 13.0. The molecule has 0 aromatic heterocycles. The van der Waals surface area contributed by atoms with E-state index in [2.05, 4.69) is 23.7 Å². The number of rotatable bonds is 9. The third-order valence-corrected chi connectivity index (χ3v) is 7.54. The molecule has 4 rings (SSSR count). The molecule has 2 aliphatic rings. The summed E-state index contributed by atoms with van der Waals surface area (Å²) >= 11 is 0. The molecule has 2 fully saturated rings. The lowest BCUT2D eigenvalue weighted by molar-refractivity contribution is -0.275. The van der Waals surface area contributed by atoms with Crippen LogP contribution in [0.2, 0.25) is 0 Å². The van der Waals surface area contributed by atoms with Crippen molar-refractivity contribution < 1.29 is 37.3 Å². The van der Waals surface area contributed by atoms with Crippen LogP contribution >= 0.6 is 0 Å². The molecule has 0 spiro atoms. The Bertz CT molecular complexity index is 1220. The summed E-state index contributed by atoms with van der Waals surface area (Å²) in [5, 5.41) is 12.1. The van der Waals surface area contributed by atoms with Crippen LogP contribution in [-0.4, -0.2) is 71.7 Å². The van der Waals surface area contributed by atoms with Crippen LogP contribution in [0.25, 0.3) is 0 Å². The van der Waals surface area contributed by atoms with E-state index >= 15 is 0 Å². The van der Waals surface area contributed by atoms with Crippen molar-refractivity contribution in [1.29, 1.82) is 0 Å². The van der Waals surface area contributed by atoms with Gasteiger partial charge in [-0.15, -0.1) is 6.58 Å². The smallest absolute Gasteiger partial charge is 0.392 e. The van der Waals surface area contributed by atoms with E-state index in [-0.39, 0.29) is 37.7 Å². The molecule has 2 aliphatic heterocycles. The molecular formula is C30H36F3N3O5. The van der Waals surface area contributed by atoms with Gasteiger partial charge < -0.3 is 29.7 Å². The fourth-order valence-electron chi connectivity index (χ4n) is 5.36. The summed E-state index contributed by atoms with van der Waals surface area (Å²) in [7, 11) is 1.97. The van der Waals surface area contributed by atoms with Crippen molar-refractivity contribution in [2.75, 3.05) is 32.0 Å². The number of halogens is 3. The van der Waals surface area contributed by atoms with Crippen molar-refractivity contribution in [1.82, 2.24) is 9.80 Å². The van der Waals surface area contributed by atoms with Crippen molar-refractivity contribution in [3.05, 3.63) is 77.9 Å². The highest BCUT2D eigenvalue weighted by Crippen LogP contribution is 2.42. The van der Waals surface area contributed by atoms with Gasteiger partial charge in [-0.05, 0) is 43.1 Å². The second kappa shape index (κ2) is 13.2. The Morgan fingerprint density at radius 2 is 1.90 bits per heavy atom. The van der Waals surface area contributed by atoms with Crippen molar-refractivity contribution in [2.45, 2.75) is 57.1 Å². The zero-order valence-electron chi connectivity index (χ0n) is 23.1. The molecular weight excluding hydrogens is 539 g/mol. The van der Waals surface area contributed by atoms with E-state index in [0.717, 1.165) is 11.1 Å². The Labute approximate surface area is 237 Å². The van der Waals surface area contributed by atoms with Crippen molar-refractivity contribution in [3.8, 4) is 0 Å². The van der Waals surface area contributed by atoms with Crippen LogP contribution in [0.1, 0.15) is 48.8 Å². The number of ether oxygens (including phenoxy) is 2. The van der Waals surface area contributed by atoms with Gasteiger partial charge in [-0.1, -0.05) is 49.4 Å². The first-order valence-electron chi connectivity index (χ1n) is 13.6. The Kier molecular flexibility index (Phi) is 9.85. The molecule has 0 unspecified atom stereocenters. The number of carbonyl (C=O) groups excluding carboxylic acids is 2. The second-order valence-electron chi connectivity index (χ2n) is 10.6. The first kappa shape index (κ1) is 30.7. The number of benzene rings is 2. The lowest BCUT2D eigenvalue weighted by Crippen LogP contribution is -2.48. The number of anilines is 1. The lowest BCUT2D eigenvalue weighted by Gasteiger charge is -2.42. The number of likely N-dealkylation sites (tertiary alicyclic amines) is 1. The highest BCUT2D eigenvalue weighted by atomic mass is 19.4. The number of nitrogens with one attached hydrogen (secondary N) is 1. The molecule has 2 N–H and O–H groups in total. The normalized spacial score (nSPS) is 24.9. The van der Waals surface area contributed by atoms with Gasteiger partial charge in [0.25, 0.3) is 0 Å². The predicted octanol–water partition coefficient (Wildman–Crippen LogP) is 4.58. The van der Waals surface area contributed by atoms with Gasteiger partial charge in [0.1, 0.15) is 6.04 Å². The topological polar surface area (TPSA) is 91.3 Å². The maximum absolute atomic E-state index is 13.0. The van der Waals surface area contributed by atoms with E-state index in [4.69, 9.17) is 9.47 Å². The average molecular weight is 576 g/mol. The van der Waals surface area contributed by atoms with E-state index in [0.29, 0.717) is 35.7 Å². The third-order valence-electron chi connectivity index (χ3n) is 7.54. The summed E-state index contributed by atoms with van der Waals surface area (Å²) in [6, 6.07) is 13.1. The van der Waals surface area contributed by atoms with Crippen LogP contribution in [0.5, 0.6) is 0 Å². The van der Waals surface area contributed by atoms with Gasteiger partial charge in [-0.3, -0.25) is 9.59 Å². The first-order chi connectivity index (χ1) is 19.5. The van der Waals surface area contributed by atoms with Crippen LogP contribution in [0.4, 0.5) is 18.9 Å². The predicted molar refractivity (Wildman–Crippen MR) is 147 cm³/mol. The number of hydrogen-bond donors (Lipinski definition) is 2. The Hall–Kier alpha value is -3.25. The van der Waals surface area contributed by atoms with Crippen LogP contribution in [0.3, 0.4) is 0 Å². The number of hydrogen-bond acceptors (Lipinski definition) is 6. The highest BCUT2D eigenvalue weighted by molar-refractivity contribution is 5.98. The molecule has 2 saturated heterocycles. The first-order valence-corrected chi connectivity index (χ1v) is 13.6. The van der Waals surface area contributed by atoms with E-state index < -0.39 is 30.3 Å². The van der Waals surface area contributed by atoms with Gasteiger partial charge >= 0.3 is 12.1 Å². The summed E-state index contributed by atoms with van der Waals surface area (Å²) in [5.41, 5.74) is 2.69. The number of aliphatic hydroxyl groups is 1. The molecule has 41 heavy (non-hydrogen) atoms. The minimum absolute atomic E-state index is 0.0269. The minimum atomic E-state index is -5.04. The van der Waals surface area contributed by atoms with Gasteiger partial charge in [0.2, 0.25) is 5.91 Å². The molecule has 0 saturated carbocycles. The maximum Gasteiger partial charge on any atom is 0.471 e. The van der Waals surface area contributed by atoms with E-state index in [1.54, 1.807) is 24.3 Å². The largest absolute Gasteiger partial charge is 0.471 e. The molecule has 11 heteroatoms. The zero-order chi connectivity index (χ0) is 29.7. The quantitative estimate of drug-likeness (QED) is 0.426. The molecule has 2 heterocycles. The van der Waals surface area contributed by atoms with Crippen molar-refractivity contribution in [2.24, 2.45) is 5.92 Å². The fourth-order valence-corrected chi connectivity index (χ4v) is 5.36. The van der Waals surface area contributed by atoms with Gasteiger partial charge in [0, 0.05) is 36.8 Å². The van der Waals surface area contributed by atoms with Gasteiger partial charge in [-0.2, -0.15) is 13.2 Å². The van der Waals surface area contributed by atoms with E-state index in [9.17, 15) is 27.9 Å². The SMILES string of the molecule is C=CCN(C)C[C@@H]1O[C@H](c2cccc(NC(=O)[C@@H]3CCCN3C(=O)C(F)(F)F)c2)O[C@H](c2ccc(CO)cc2)[C@@H]1C. The average Bonchev–Trinajstić information content (AvgIpc) is 3.44. The molecule has 5 atom stereocenters. The summed E-state index contributed by atoms with van der Waals surface area (Å²) < 4.78 is 51.9.